The van der Waals surface area contributed by atoms with Crippen LogP contribution in [0.5, 0.6) is 5.75 Å². The van der Waals surface area contributed by atoms with Crippen molar-refractivity contribution in [3.8, 4) is 11.4 Å². The molecular weight excluding hydrogens is 432 g/mol. The van der Waals surface area contributed by atoms with E-state index in [9.17, 15) is 9.59 Å². The van der Waals surface area contributed by atoms with Gasteiger partial charge >= 0.3 is 5.97 Å². The molecule has 1 N–H and O–H groups in total. The third-order valence-electron chi connectivity index (χ3n) is 5.08. The number of aromatic nitrogens is 3. The van der Waals surface area contributed by atoms with E-state index in [1.165, 1.54) is 6.92 Å². The maximum absolute atomic E-state index is 12.0. The summed E-state index contributed by atoms with van der Waals surface area (Å²) in [6.45, 7) is 3.42. The van der Waals surface area contributed by atoms with Crippen molar-refractivity contribution in [1.29, 1.82) is 0 Å². The van der Waals surface area contributed by atoms with Crippen molar-refractivity contribution in [1.82, 2.24) is 14.8 Å². The van der Waals surface area contributed by atoms with Crippen LogP contribution in [0.3, 0.4) is 0 Å². The zero-order chi connectivity index (χ0) is 22.8. The molecular formula is C23H21ClN4O4. The number of nitrogens with zero attached hydrogens (tertiary/aromatic N) is 4. The van der Waals surface area contributed by atoms with Crippen molar-refractivity contribution < 1.29 is 19.4 Å². The monoisotopic (exact) mass is 452 g/mol. The average molecular weight is 453 g/mol. The SMILES string of the molecule is CC(=O)C[C@@H]1N=C(c2ccc(Cl)cc2)c2cc(OCCC(=O)O)ccc2-n2c(C)nnc21. The zero-order valence-electron chi connectivity index (χ0n) is 17.6. The Bertz CT molecular complexity index is 1220. The summed E-state index contributed by atoms with van der Waals surface area (Å²) < 4.78 is 7.57. The van der Waals surface area contributed by atoms with E-state index in [4.69, 9.17) is 26.4 Å². The largest absolute Gasteiger partial charge is 0.493 e. The van der Waals surface area contributed by atoms with Crippen molar-refractivity contribution in [2.75, 3.05) is 6.61 Å². The first-order valence-electron chi connectivity index (χ1n) is 10.1. The molecule has 8 nitrogen and oxygen atoms in total. The maximum Gasteiger partial charge on any atom is 0.306 e. The number of benzene rings is 2. The van der Waals surface area contributed by atoms with Crippen molar-refractivity contribution in [3.05, 3.63) is 70.3 Å². The van der Waals surface area contributed by atoms with Crippen LogP contribution in [0.15, 0.2) is 47.5 Å². The summed E-state index contributed by atoms with van der Waals surface area (Å²) >= 11 is 6.09. The number of ketones is 1. The van der Waals surface area contributed by atoms with Crippen molar-refractivity contribution >= 4 is 29.1 Å². The molecule has 0 bridgehead atoms. The second-order valence-corrected chi connectivity index (χ2v) is 7.95. The van der Waals surface area contributed by atoms with Gasteiger partial charge in [0.15, 0.2) is 5.82 Å². The quantitative estimate of drug-likeness (QED) is 0.581. The lowest BCUT2D eigenvalue weighted by Crippen LogP contribution is -2.10. The first-order valence-corrected chi connectivity index (χ1v) is 10.5. The van der Waals surface area contributed by atoms with Gasteiger partial charge in [0.1, 0.15) is 23.4 Å². The number of carboxylic acid groups (broad SMARTS) is 1. The number of carbonyl (C=O) groups excluding carboxylic acids is 1. The molecule has 9 heteroatoms. The lowest BCUT2D eigenvalue weighted by Gasteiger charge is -2.15. The minimum Gasteiger partial charge on any atom is -0.493 e. The van der Waals surface area contributed by atoms with Gasteiger partial charge in [-0.15, -0.1) is 10.2 Å². The number of hydrogen-bond acceptors (Lipinski definition) is 6. The van der Waals surface area contributed by atoms with Crippen LogP contribution in [0.4, 0.5) is 0 Å². The van der Waals surface area contributed by atoms with Gasteiger partial charge in [-0.1, -0.05) is 23.7 Å². The summed E-state index contributed by atoms with van der Waals surface area (Å²) in [5.41, 5.74) is 3.04. The molecule has 0 fully saturated rings. The van der Waals surface area contributed by atoms with Crippen LogP contribution in [-0.2, 0) is 9.59 Å². The van der Waals surface area contributed by atoms with E-state index < -0.39 is 12.0 Å². The van der Waals surface area contributed by atoms with Crippen molar-refractivity contribution in [3.63, 3.8) is 0 Å². The summed E-state index contributed by atoms with van der Waals surface area (Å²) in [6.07, 6.45) is 0.0791. The topological polar surface area (TPSA) is 107 Å². The van der Waals surface area contributed by atoms with E-state index in [0.29, 0.717) is 28.1 Å². The second-order valence-electron chi connectivity index (χ2n) is 7.52. The van der Waals surface area contributed by atoms with Gasteiger partial charge in [0.25, 0.3) is 0 Å². The number of hydrogen-bond donors (Lipinski definition) is 1. The van der Waals surface area contributed by atoms with Crippen LogP contribution < -0.4 is 4.74 Å². The first-order chi connectivity index (χ1) is 15.3. The molecule has 4 rings (SSSR count). The summed E-state index contributed by atoms with van der Waals surface area (Å²) in [6, 6.07) is 12.2. The van der Waals surface area contributed by atoms with Crippen LogP contribution in [0.25, 0.3) is 5.69 Å². The van der Waals surface area contributed by atoms with Gasteiger partial charge in [0.2, 0.25) is 0 Å². The number of Topliss-reactive ketones (excluding diaryl/α,β-unsaturated/α-hetero) is 1. The molecule has 0 saturated heterocycles. The van der Waals surface area contributed by atoms with E-state index in [1.807, 2.05) is 35.8 Å². The highest BCUT2D eigenvalue weighted by atomic mass is 35.5. The number of rotatable bonds is 7. The molecule has 2 heterocycles. The Labute approximate surface area is 189 Å². The number of aliphatic carboxylic acids is 1. The Morgan fingerprint density at radius 3 is 2.59 bits per heavy atom. The Morgan fingerprint density at radius 2 is 1.91 bits per heavy atom. The van der Waals surface area contributed by atoms with E-state index in [-0.39, 0.29) is 25.2 Å². The van der Waals surface area contributed by atoms with Crippen LogP contribution in [0.1, 0.15) is 48.6 Å². The van der Waals surface area contributed by atoms with E-state index in [2.05, 4.69) is 10.2 Å². The minimum atomic E-state index is -0.931. The number of aryl methyl sites for hydroxylation is 1. The third-order valence-corrected chi connectivity index (χ3v) is 5.33. The predicted molar refractivity (Wildman–Crippen MR) is 119 cm³/mol. The summed E-state index contributed by atoms with van der Waals surface area (Å²) in [5, 5.41) is 18.0. The lowest BCUT2D eigenvalue weighted by atomic mass is 10.00. The van der Waals surface area contributed by atoms with Gasteiger partial charge < -0.3 is 9.84 Å². The maximum atomic E-state index is 12.0. The molecule has 0 unspecified atom stereocenters. The molecule has 0 radical (unpaired) electrons. The number of carboxylic acids is 1. The van der Waals surface area contributed by atoms with E-state index >= 15 is 0 Å². The average Bonchev–Trinajstić information content (AvgIpc) is 3.06. The van der Waals surface area contributed by atoms with Gasteiger partial charge in [0, 0.05) is 22.6 Å². The van der Waals surface area contributed by atoms with Crippen molar-refractivity contribution in [2.24, 2.45) is 4.99 Å². The fraction of sp³-hybridized carbons (Fsp3) is 0.261. The number of fused-ring (bicyclic) bond motifs is 3. The zero-order valence-corrected chi connectivity index (χ0v) is 18.3. The predicted octanol–water partition coefficient (Wildman–Crippen LogP) is 3.95. The van der Waals surface area contributed by atoms with Crippen molar-refractivity contribution in [2.45, 2.75) is 32.7 Å². The molecule has 1 atom stereocenters. The Morgan fingerprint density at radius 1 is 1.16 bits per heavy atom. The summed E-state index contributed by atoms with van der Waals surface area (Å²) in [4.78, 5) is 27.8. The molecule has 1 aliphatic heterocycles. The fourth-order valence-electron chi connectivity index (χ4n) is 3.67. The molecule has 0 aliphatic carbocycles. The molecule has 0 amide bonds. The normalized spacial score (nSPS) is 14.7. The van der Waals surface area contributed by atoms with Gasteiger partial charge in [-0.3, -0.25) is 19.1 Å². The lowest BCUT2D eigenvalue weighted by molar-refractivity contribution is -0.137. The highest BCUT2D eigenvalue weighted by Crippen LogP contribution is 2.34. The highest BCUT2D eigenvalue weighted by molar-refractivity contribution is 6.30. The third kappa shape index (κ3) is 4.40. The smallest absolute Gasteiger partial charge is 0.306 e. The van der Waals surface area contributed by atoms with Crippen LogP contribution in [0.2, 0.25) is 5.02 Å². The van der Waals surface area contributed by atoms with E-state index in [0.717, 1.165) is 16.8 Å². The molecule has 1 aliphatic rings. The first kappa shape index (κ1) is 21.7. The summed E-state index contributed by atoms with van der Waals surface area (Å²) in [7, 11) is 0. The standard InChI is InChI=1S/C23H21ClN4O4/c1-13(29)11-19-23-27-26-14(2)28(23)20-8-7-17(32-10-9-21(30)31)12-18(20)22(25-19)15-3-5-16(24)6-4-15/h3-8,12,19H,9-11H2,1-2H3,(H,30,31)/t19-/m0/s1. The molecule has 2 aromatic carbocycles. The van der Waals surface area contributed by atoms with Gasteiger partial charge in [-0.2, -0.15) is 0 Å². The van der Waals surface area contributed by atoms with Crippen LogP contribution in [0, 0.1) is 6.92 Å². The number of halogens is 1. The Hall–Kier alpha value is -3.52. The highest BCUT2D eigenvalue weighted by Gasteiger charge is 2.29. The minimum absolute atomic E-state index is 0.00921. The number of carbonyl (C=O) groups is 2. The number of aliphatic imine (C=N–C) groups is 1. The molecule has 164 valence electrons. The Kier molecular flexibility index (Phi) is 6.05. The molecule has 1 aromatic heterocycles. The second kappa shape index (κ2) is 8.92. The van der Waals surface area contributed by atoms with Crippen LogP contribution in [-0.4, -0.2) is 43.9 Å². The summed E-state index contributed by atoms with van der Waals surface area (Å²) in [5.74, 6) is 0.832. The molecule has 32 heavy (non-hydrogen) atoms. The Balaban J connectivity index is 1.89. The van der Waals surface area contributed by atoms with Gasteiger partial charge in [-0.25, -0.2) is 0 Å². The molecule has 0 saturated carbocycles. The van der Waals surface area contributed by atoms with Gasteiger partial charge in [0.05, 0.1) is 24.4 Å². The van der Waals surface area contributed by atoms with Crippen LogP contribution >= 0.6 is 11.6 Å². The van der Waals surface area contributed by atoms with E-state index in [1.54, 1.807) is 18.2 Å². The fourth-order valence-corrected chi connectivity index (χ4v) is 3.79. The van der Waals surface area contributed by atoms with Gasteiger partial charge in [-0.05, 0) is 44.2 Å². The number of ether oxygens (including phenoxy) is 1. The molecule has 0 spiro atoms. The molecule has 3 aromatic rings.